The van der Waals surface area contributed by atoms with Crippen LogP contribution in [0.4, 0.5) is 4.39 Å². The highest BCUT2D eigenvalue weighted by Gasteiger charge is 2.22. The fourth-order valence-electron chi connectivity index (χ4n) is 4.10. The molecule has 0 aliphatic rings. The third kappa shape index (κ3) is 5.21. The molecule has 0 bridgehead atoms. The van der Waals surface area contributed by atoms with Crippen LogP contribution in [-0.4, -0.2) is 16.9 Å². The minimum Gasteiger partial charge on any atom is -0.361 e. The van der Waals surface area contributed by atoms with Crippen molar-refractivity contribution in [2.24, 2.45) is 0 Å². The maximum Gasteiger partial charge on any atom is 0.221 e. The van der Waals surface area contributed by atoms with Crippen LogP contribution in [0.3, 0.4) is 0 Å². The highest BCUT2D eigenvalue weighted by Crippen LogP contribution is 2.33. The predicted octanol–water partition coefficient (Wildman–Crippen LogP) is 5.97. The SMILES string of the molecule is CC(CCc1ccccc1)NC(=O)CC(c1ccc(F)cc1)c1c[nH]c2ccccc12. The van der Waals surface area contributed by atoms with Gasteiger partial charge in [0.15, 0.2) is 0 Å². The molecule has 0 saturated carbocycles. The zero-order valence-corrected chi connectivity index (χ0v) is 17.6. The second-order valence-electron chi connectivity index (χ2n) is 8.09. The Bertz CT molecular complexity index is 1130. The van der Waals surface area contributed by atoms with Gasteiger partial charge in [-0.05, 0) is 54.7 Å². The van der Waals surface area contributed by atoms with E-state index in [9.17, 15) is 9.18 Å². The molecule has 4 heteroatoms. The van der Waals surface area contributed by atoms with E-state index >= 15 is 0 Å². The number of carbonyl (C=O) groups excluding carboxylic acids is 1. The quantitative estimate of drug-likeness (QED) is 0.367. The minimum absolute atomic E-state index is 0.000155. The lowest BCUT2D eigenvalue weighted by Gasteiger charge is -2.20. The van der Waals surface area contributed by atoms with Gasteiger partial charge in [-0.15, -0.1) is 0 Å². The number of carbonyl (C=O) groups is 1. The van der Waals surface area contributed by atoms with Crippen LogP contribution in [0.15, 0.2) is 85.1 Å². The Balaban J connectivity index is 1.49. The molecule has 158 valence electrons. The molecule has 0 saturated heterocycles. The number of hydrogen-bond acceptors (Lipinski definition) is 1. The molecule has 0 aliphatic heterocycles. The molecule has 1 heterocycles. The molecule has 2 unspecified atom stereocenters. The molecule has 31 heavy (non-hydrogen) atoms. The van der Waals surface area contributed by atoms with Crippen LogP contribution in [0.2, 0.25) is 0 Å². The molecule has 4 aromatic rings. The normalized spacial score (nSPS) is 13.1. The number of halogens is 1. The van der Waals surface area contributed by atoms with Crippen molar-refractivity contribution in [2.45, 2.75) is 38.1 Å². The van der Waals surface area contributed by atoms with E-state index < -0.39 is 0 Å². The molecule has 0 aliphatic carbocycles. The molecule has 0 spiro atoms. The van der Waals surface area contributed by atoms with Crippen LogP contribution in [0.5, 0.6) is 0 Å². The number of nitrogens with one attached hydrogen (secondary N) is 2. The number of hydrogen-bond donors (Lipinski definition) is 2. The second kappa shape index (κ2) is 9.61. The van der Waals surface area contributed by atoms with Gasteiger partial charge in [-0.2, -0.15) is 0 Å². The van der Waals surface area contributed by atoms with Gasteiger partial charge in [0.1, 0.15) is 5.82 Å². The molecule has 3 nitrogen and oxygen atoms in total. The first-order valence-electron chi connectivity index (χ1n) is 10.7. The molecule has 0 radical (unpaired) electrons. The van der Waals surface area contributed by atoms with Crippen LogP contribution in [0, 0.1) is 5.82 Å². The highest BCUT2D eigenvalue weighted by molar-refractivity contribution is 5.86. The standard InChI is InChI=1S/C27H27FN2O/c1-19(11-12-20-7-3-2-4-8-20)30-27(31)17-24(21-13-15-22(28)16-14-21)25-18-29-26-10-6-5-9-23(25)26/h2-10,13-16,18-19,24,29H,11-12,17H2,1H3,(H,30,31). The van der Waals surface area contributed by atoms with Crippen molar-refractivity contribution in [3.05, 3.63) is 108 Å². The van der Waals surface area contributed by atoms with Crippen LogP contribution in [0.1, 0.15) is 42.4 Å². The van der Waals surface area contributed by atoms with Crippen molar-refractivity contribution in [1.82, 2.24) is 10.3 Å². The molecule has 3 aromatic carbocycles. The maximum atomic E-state index is 13.5. The molecule has 1 amide bonds. The predicted molar refractivity (Wildman–Crippen MR) is 124 cm³/mol. The summed E-state index contributed by atoms with van der Waals surface area (Å²) < 4.78 is 13.5. The number of H-pyrrole nitrogens is 1. The summed E-state index contributed by atoms with van der Waals surface area (Å²) in [5.74, 6) is -0.432. The molecule has 1 aromatic heterocycles. The smallest absolute Gasteiger partial charge is 0.221 e. The first kappa shape index (κ1) is 20.9. The Morgan fingerprint density at radius 3 is 2.45 bits per heavy atom. The number of benzene rings is 3. The van der Waals surface area contributed by atoms with Crippen molar-refractivity contribution in [3.8, 4) is 0 Å². The average Bonchev–Trinajstić information content (AvgIpc) is 3.21. The van der Waals surface area contributed by atoms with E-state index in [0.29, 0.717) is 6.42 Å². The Morgan fingerprint density at radius 1 is 0.968 bits per heavy atom. The monoisotopic (exact) mass is 414 g/mol. The van der Waals surface area contributed by atoms with Gasteiger partial charge in [0.25, 0.3) is 0 Å². The van der Waals surface area contributed by atoms with E-state index in [4.69, 9.17) is 0 Å². The van der Waals surface area contributed by atoms with E-state index in [-0.39, 0.29) is 23.7 Å². The van der Waals surface area contributed by atoms with Crippen molar-refractivity contribution >= 4 is 16.8 Å². The van der Waals surface area contributed by atoms with Gasteiger partial charge in [0, 0.05) is 35.5 Å². The molecule has 2 N–H and O–H groups in total. The minimum atomic E-state index is -0.277. The Kier molecular flexibility index (Phi) is 6.46. The third-order valence-corrected chi connectivity index (χ3v) is 5.77. The number of rotatable bonds is 8. The summed E-state index contributed by atoms with van der Waals surface area (Å²) in [4.78, 5) is 16.2. The van der Waals surface area contributed by atoms with E-state index in [1.54, 1.807) is 12.1 Å². The third-order valence-electron chi connectivity index (χ3n) is 5.77. The maximum absolute atomic E-state index is 13.5. The summed E-state index contributed by atoms with van der Waals surface area (Å²) >= 11 is 0. The second-order valence-corrected chi connectivity index (χ2v) is 8.09. The lowest BCUT2D eigenvalue weighted by Crippen LogP contribution is -2.33. The average molecular weight is 415 g/mol. The van der Waals surface area contributed by atoms with Gasteiger partial charge in [0.05, 0.1) is 0 Å². The number of aromatic nitrogens is 1. The summed E-state index contributed by atoms with van der Waals surface area (Å²) in [7, 11) is 0. The van der Waals surface area contributed by atoms with Gasteiger partial charge in [-0.25, -0.2) is 4.39 Å². The van der Waals surface area contributed by atoms with Gasteiger partial charge in [0.2, 0.25) is 5.91 Å². The fraction of sp³-hybridized carbons (Fsp3) is 0.222. The Hall–Kier alpha value is -3.40. The number of amides is 1. The summed E-state index contributed by atoms with van der Waals surface area (Å²) in [6, 6.07) is 24.9. The lowest BCUT2D eigenvalue weighted by molar-refractivity contribution is -0.121. The van der Waals surface area contributed by atoms with Gasteiger partial charge in [-0.3, -0.25) is 4.79 Å². The molecule has 4 rings (SSSR count). The zero-order chi connectivity index (χ0) is 21.6. The van der Waals surface area contributed by atoms with E-state index in [1.165, 1.54) is 17.7 Å². The number of fused-ring (bicyclic) bond motifs is 1. The van der Waals surface area contributed by atoms with Crippen LogP contribution in [-0.2, 0) is 11.2 Å². The van der Waals surface area contributed by atoms with Crippen molar-refractivity contribution in [2.75, 3.05) is 0 Å². The van der Waals surface area contributed by atoms with Crippen molar-refractivity contribution in [1.29, 1.82) is 0 Å². The summed E-state index contributed by atoms with van der Waals surface area (Å²) in [6.07, 6.45) is 4.07. The summed E-state index contributed by atoms with van der Waals surface area (Å²) in [6.45, 7) is 2.04. The van der Waals surface area contributed by atoms with E-state index in [1.807, 2.05) is 49.5 Å². The van der Waals surface area contributed by atoms with Gasteiger partial charge >= 0.3 is 0 Å². The summed E-state index contributed by atoms with van der Waals surface area (Å²) in [5.41, 5.74) is 4.28. The first-order chi connectivity index (χ1) is 15.1. The van der Waals surface area contributed by atoms with Crippen molar-refractivity contribution < 1.29 is 9.18 Å². The first-order valence-corrected chi connectivity index (χ1v) is 10.7. The van der Waals surface area contributed by atoms with E-state index in [0.717, 1.165) is 34.9 Å². The number of aromatic amines is 1. The molecular formula is C27H27FN2O. The van der Waals surface area contributed by atoms with Crippen LogP contribution >= 0.6 is 0 Å². The topological polar surface area (TPSA) is 44.9 Å². The van der Waals surface area contributed by atoms with Crippen LogP contribution in [0.25, 0.3) is 10.9 Å². The van der Waals surface area contributed by atoms with Crippen molar-refractivity contribution in [3.63, 3.8) is 0 Å². The van der Waals surface area contributed by atoms with Crippen LogP contribution < -0.4 is 5.32 Å². The Morgan fingerprint density at radius 2 is 1.68 bits per heavy atom. The largest absolute Gasteiger partial charge is 0.361 e. The van der Waals surface area contributed by atoms with Gasteiger partial charge in [-0.1, -0.05) is 60.7 Å². The molecule has 0 fully saturated rings. The number of para-hydroxylation sites is 1. The zero-order valence-electron chi connectivity index (χ0n) is 17.6. The van der Waals surface area contributed by atoms with E-state index in [2.05, 4.69) is 28.5 Å². The van der Waals surface area contributed by atoms with Gasteiger partial charge < -0.3 is 10.3 Å². The highest BCUT2D eigenvalue weighted by atomic mass is 19.1. The lowest BCUT2D eigenvalue weighted by atomic mass is 9.88. The number of aryl methyl sites for hydroxylation is 1. The molecule has 2 atom stereocenters. The summed E-state index contributed by atoms with van der Waals surface area (Å²) in [5, 5.41) is 4.23. The fourth-order valence-corrected chi connectivity index (χ4v) is 4.10. The Labute approximate surface area is 182 Å². The molecular weight excluding hydrogens is 387 g/mol.